The number of nitrogens with zero attached hydrogens (tertiary/aromatic N) is 1. The van der Waals surface area contributed by atoms with Crippen LogP contribution in [0.5, 0.6) is 11.5 Å². The standard InChI is InChI=1S/C15H23NO4/c1-15(2,3)16(10-14(17)18)9-11-8-12(19-4)6-7-13(11)20-5/h6-8H,9-10H2,1-5H3,(H,17,18). The van der Waals surface area contributed by atoms with Crippen LogP contribution in [0.2, 0.25) is 0 Å². The maximum atomic E-state index is 11.0. The van der Waals surface area contributed by atoms with E-state index in [1.54, 1.807) is 14.2 Å². The van der Waals surface area contributed by atoms with Crippen LogP contribution in [0, 0.1) is 0 Å². The highest BCUT2D eigenvalue weighted by Crippen LogP contribution is 2.27. The van der Waals surface area contributed by atoms with Gasteiger partial charge < -0.3 is 14.6 Å². The molecule has 0 spiro atoms. The molecule has 20 heavy (non-hydrogen) atoms. The Labute approximate surface area is 120 Å². The summed E-state index contributed by atoms with van der Waals surface area (Å²) < 4.78 is 10.5. The van der Waals surface area contributed by atoms with Gasteiger partial charge in [0.25, 0.3) is 0 Å². The van der Waals surface area contributed by atoms with Crippen molar-refractivity contribution in [2.75, 3.05) is 20.8 Å². The zero-order valence-electron chi connectivity index (χ0n) is 12.8. The van der Waals surface area contributed by atoms with Gasteiger partial charge in [0.05, 0.1) is 20.8 Å². The molecule has 5 heteroatoms. The highest BCUT2D eigenvalue weighted by atomic mass is 16.5. The van der Waals surface area contributed by atoms with Gasteiger partial charge in [0.2, 0.25) is 0 Å². The Bertz CT molecular complexity index is 465. The molecule has 0 fully saturated rings. The topological polar surface area (TPSA) is 59.0 Å². The highest BCUT2D eigenvalue weighted by Gasteiger charge is 2.24. The minimum atomic E-state index is -0.846. The van der Waals surface area contributed by atoms with E-state index in [1.807, 2.05) is 43.9 Å². The Morgan fingerprint density at radius 2 is 1.90 bits per heavy atom. The zero-order valence-corrected chi connectivity index (χ0v) is 12.8. The molecule has 1 rings (SSSR count). The lowest BCUT2D eigenvalue weighted by Crippen LogP contribution is -2.43. The number of hydrogen-bond donors (Lipinski definition) is 1. The lowest BCUT2D eigenvalue weighted by molar-refractivity contribution is -0.139. The molecule has 1 N–H and O–H groups in total. The van der Waals surface area contributed by atoms with Gasteiger partial charge in [-0.25, -0.2) is 0 Å². The SMILES string of the molecule is COc1ccc(OC)c(CN(CC(=O)O)C(C)(C)C)c1. The highest BCUT2D eigenvalue weighted by molar-refractivity contribution is 5.69. The molecular weight excluding hydrogens is 258 g/mol. The van der Waals surface area contributed by atoms with Gasteiger partial charge in [-0.15, -0.1) is 0 Å². The number of aliphatic carboxylic acids is 1. The van der Waals surface area contributed by atoms with Gasteiger partial charge >= 0.3 is 5.97 Å². The van der Waals surface area contributed by atoms with Crippen molar-refractivity contribution in [2.24, 2.45) is 0 Å². The summed E-state index contributed by atoms with van der Waals surface area (Å²) in [6.45, 7) is 6.42. The van der Waals surface area contributed by atoms with E-state index < -0.39 is 5.97 Å². The number of carboxylic acid groups (broad SMARTS) is 1. The second kappa shape index (κ2) is 6.61. The molecule has 5 nitrogen and oxygen atoms in total. The first-order valence-electron chi connectivity index (χ1n) is 6.45. The van der Waals surface area contributed by atoms with E-state index in [0.29, 0.717) is 6.54 Å². The van der Waals surface area contributed by atoms with Crippen LogP contribution >= 0.6 is 0 Å². The van der Waals surface area contributed by atoms with Crippen molar-refractivity contribution < 1.29 is 19.4 Å². The second-order valence-corrected chi connectivity index (χ2v) is 5.60. The van der Waals surface area contributed by atoms with Crippen LogP contribution in [0.15, 0.2) is 18.2 Å². The Kier molecular flexibility index (Phi) is 5.39. The molecule has 0 aromatic heterocycles. The molecular formula is C15H23NO4. The number of benzene rings is 1. The molecule has 0 atom stereocenters. The van der Waals surface area contributed by atoms with Crippen molar-refractivity contribution in [3.63, 3.8) is 0 Å². The fourth-order valence-electron chi connectivity index (χ4n) is 1.90. The van der Waals surface area contributed by atoms with Crippen molar-refractivity contribution in [1.29, 1.82) is 0 Å². The Hall–Kier alpha value is -1.75. The predicted octanol–water partition coefficient (Wildman–Crippen LogP) is 2.39. The Morgan fingerprint density at radius 1 is 1.25 bits per heavy atom. The summed E-state index contributed by atoms with van der Waals surface area (Å²) >= 11 is 0. The summed E-state index contributed by atoms with van der Waals surface area (Å²) in [6, 6.07) is 5.52. The molecule has 0 radical (unpaired) electrons. The number of ether oxygens (including phenoxy) is 2. The van der Waals surface area contributed by atoms with E-state index in [2.05, 4.69) is 0 Å². The van der Waals surface area contributed by atoms with Gasteiger partial charge in [0.1, 0.15) is 11.5 Å². The van der Waals surface area contributed by atoms with Crippen LogP contribution < -0.4 is 9.47 Å². The van der Waals surface area contributed by atoms with E-state index in [9.17, 15) is 4.79 Å². The van der Waals surface area contributed by atoms with Crippen molar-refractivity contribution in [3.05, 3.63) is 23.8 Å². The van der Waals surface area contributed by atoms with E-state index in [1.165, 1.54) is 0 Å². The molecule has 0 saturated carbocycles. The molecule has 112 valence electrons. The predicted molar refractivity (Wildman–Crippen MR) is 77.3 cm³/mol. The lowest BCUT2D eigenvalue weighted by Gasteiger charge is -2.34. The molecule has 1 aromatic rings. The first-order chi connectivity index (χ1) is 9.27. The lowest BCUT2D eigenvalue weighted by atomic mass is 10.0. The molecule has 0 heterocycles. The molecule has 0 bridgehead atoms. The molecule has 0 aliphatic heterocycles. The van der Waals surface area contributed by atoms with Crippen LogP contribution in [-0.2, 0) is 11.3 Å². The summed E-state index contributed by atoms with van der Waals surface area (Å²) in [7, 11) is 3.20. The number of carbonyl (C=O) groups is 1. The average Bonchev–Trinajstić information content (AvgIpc) is 2.36. The van der Waals surface area contributed by atoms with Crippen molar-refractivity contribution >= 4 is 5.97 Å². The second-order valence-electron chi connectivity index (χ2n) is 5.60. The molecule has 0 aliphatic rings. The van der Waals surface area contributed by atoms with Gasteiger partial charge in [-0.2, -0.15) is 0 Å². The number of methoxy groups -OCH3 is 2. The largest absolute Gasteiger partial charge is 0.497 e. The summed E-state index contributed by atoms with van der Waals surface area (Å²) in [6.07, 6.45) is 0. The van der Waals surface area contributed by atoms with Crippen LogP contribution in [-0.4, -0.2) is 42.3 Å². The quantitative estimate of drug-likeness (QED) is 0.867. The minimum absolute atomic E-state index is 0.0239. The van der Waals surface area contributed by atoms with Gasteiger partial charge in [0.15, 0.2) is 0 Å². The molecule has 0 unspecified atom stereocenters. The fourth-order valence-corrected chi connectivity index (χ4v) is 1.90. The van der Waals surface area contributed by atoms with Gasteiger partial charge in [0, 0.05) is 17.6 Å². The van der Waals surface area contributed by atoms with Crippen LogP contribution in [0.25, 0.3) is 0 Å². The maximum absolute atomic E-state index is 11.0. The number of carboxylic acids is 1. The third kappa shape index (κ3) is 4.42. The van der Waals surface area contributed by atoms with E-state index in [4.69, 9.17) is 14.6 Å². The molecule has 0 amide bonds. The average molecular weight is 281 g/mol. The summed E-state index contributed by atoms with van der Waals surface area (Å²) in [5.41, 5.74) is 0.648. The third-order valence-corrected chi connectivity index (χ3v) is 3.12. The normalized spacial score (nSPS) is 11.5. The molecule has 1 aromatic carbocycles. The zero-order chi connectivity index (χ0) is 15.3. The van der Waals surface area contributed by atoms with Crippen LogP contribution in [0.1, 0.15) is 26.3 Å². The van der Waals surface area contributed by atoms with Crippen molar-refractivity contribution in [3.8, 4) is 11.5 Å². The summed E-state index contributed by atoms with van der Waals surface area (Å²) in [5, 5.41) is 9.05. The number of hydrogen-bond acceptors (Lipinski definition) is 4. The number of rotatable bonds is 6. The third-order valence-electron chi connectivity index (χ3n) is 3.12. The Morgan fingerprint density at radius 3 is 2.35 bits per heavy atom. The minimum Gasteiger partial charge on any atom is -0.497 e. The van der Waals surface area contributed by atoms with Gasteiger partial charge in [-0.1, -0.05) is 0 Å². The summed E-state index contributed by atoms with van der Waals surface area (Å²) in [5.74, 6) is 0.609. The van der Waals surface area contributed by atoms with Crippen LogP contribution in [0.4, 0.5) is 0 Å². The van der Waals surface area contributed by atoms with Gasteiger partial charge in [-0.3, -0.25) is 9.69 Å². The fraction of sp³-hybridized carbons (Fsp3) is 0.533. The van der Waals surface area contributed by atoms with Crippen molar-refractivity contribution in [2.45, 2.75) is 32.9 Å². The molecule has 0 saturated heterocycles. The Balaban J connectivity index is 3.06. The maximum Gasteiger partial charge on any atom is 0.317 e. The van der Waals surface area contributed by atoms with Crippen LogP contribution in [0.3, 0.4) is 0 Å². The van der Waals surface area contributed by atoms with Crippen molar-refractivity contribution in [1.82, 2.24) is 4.90 Å². The van der Waals surface area contributed by atoms with E-state index in [-0.39, 0.29) is 12.1 Å². The molecule has 0 aliphatic carbocycles. The van der Waals surface area contributed by atoms with Gasteiger partial charge in [-0.05, 0) is 39.0 Å². The smallest absolute Gasteiger partial charge is 0.317 e. The van der Waals surface area contributed by atoms with E-state index in [0.717, 1.165) is 17.1 Å². The summed E-state index contributed by atoms with van der Waals surface area (Å²) in [4.78, 5) is 12.9. The monoisotopic (exact) mass is 281 g/mol. The van der Waals surface area contributed by atoms with E-state index >= 15 is 0 Å². The first-order valence-corrected chi connectivity index (χ1v) is 6.45. The first kappa shape index (κ1) is 16.3.